The molecule has 1 aliphatic heterocycles. The van der Waals surface area contributed by atoms with Crippen LogP contribution in [0.2, 0.25) is 0 Å². The van der Waals surface area contributed by atoms with Crippen LogP contribution in [-0.2, 0) is 11.3 Å². The average Bonchev–Trinajstić information content (AvgIpc) is 3.31. The van der Waals surface area contributed by atoms with Gasteiger partial charge in [-0.25, -0.2) is 0 Å². The summed E-state index contributed by atoms with van der Waals surface area (Å²) in [6.07, 6.45) is 5.65. The zero-order valence-electron chi connectivity index (χ0n) is 19.0. The minimum Gasteiger partial charge on any atom is -0.422 e. The molecule has 1 saturated heterocycles. The quantitative estimate of drug-likeness (QED) is 0.686. The lowest BCUT2D eigenvalue weighted by Gasteiger charge is -2.14. The fourth-order valence-electron chi connectivity index (χ4n) is 2.96. The molecule has 6 nitrogen and oxygen atoms in total. The Bertz CT molecular complexity index is 793. The van der Waals surface area contributed by atoms with Gasteiger partial charge in [-0.3, -0.25) is 4.79 Å². The molecule has 1 amide bonds. The summed E-state index contributed by atoms with van der Waals surface area (Å²) >= 11 is 0. The molecular formula is C24H36N4O2. The van der Waals surface area contributed by atoms with Crippen molar-refractivity contribution >= 4 is 5.91 Å². The Kier molecular flexibility index (Phi) is 11.4. The number of carbonyl (C=O) groups excluding carboxylic acids is 1. The summed E-state index contributed by atoms with van der Waals surface area (Å²) in [4.78, 5) is 13.9. The standard InChI is InChI=1S/C15H18N4O2.C6H12.C3H6/c1-10(16)15-18-17-13(21-15)9-19-8-12(7-14(19)20)11-5-3-2-4-6-11;1-4-5-6(2)3;1-3-2/h2-6,10,12H,7-9,16H2,1H3;5H,4H2,1-3H3;3H,1H2,2H3. The van der Waals surface area contributed by atoms with Gasteiger partial charge in [0.2, 0.25) is 17.7 Å². The minimum atomic E-state index is -0.294. The molecule has 0 aliphatic carbocycles. The number of aromatic nitrogens is 2. The Hall–Kier alpha value is -2.73. The lowest BCUT2D eigenvalue weighted by Crippen LogP contribution is -2.24. The molecular weight excluding hydrogens is 376 g/mol. The Labute approximate surface area is 180 Å². The van der Waals surface area contributed by atoms with E-state index in [1.165, 1.54) is 17.6 Å². The number of amides is 1. The summed E-state index contributed by atoms with van der Waals surface area (Å²) in [7, 11) is 0. The van der Waals surface area contributed by atoms with Gasteiger partial charge < -0.3 is 15.1 Å². The number of rotatable bonds is 5. The van der Waals surface area contributed by atoms with Crippen molar-refractivity contribution in [3.05, 3.63) is 72.0 Å². The van der Waals surface area contributed by atoms with E-state index in [9.17, 15) is 4.79 Å². The van der Waals surface area contributed by atoms with Crippen LogP contribution >= 0.6 is 0 Å². The Morgan fingerprint density at radius 1 is 1.33 bits per heavy atom. The normalized spacial score (nSPS) is 16.0. The number of allylic oxidation sites excluding steroid dienone is 3. The monoisotopic (exact) mass is 412 g/mol. The maximum Gasteiger partial charge on any atom is 0.235 e. The predicted molar refractivity (Wildman–Crippen MR) is 122 cm³/mol. The van der Waals surface area contributed by atoms with Gasteiger partial charge in [0.25, 0.3) is 0 Å². The van der Waals surface area contributed by atoms with Gasteiger partial charge in [-0.05, 0) is 39.7 Å². The van der Waals surface area contributed by atoms with E-state index in [2.05, 4.69) is 55.8 Å². The lowest BCUT2D eigenvalue weighted by molar-refractivity contribution is -0.128. The second-order valence-electron chi connectivity index (χ2n) is 7.51. The van der Waals surface area contributed by atoms with E-state index in [0.717, 1.165) is 0 Å². The molecule has 3 rings (SSSR count). The Morgan fingerprint density at radius 3 is 2.43 bits per heavy atom. The highest BCUT2D eigenvalue weighted by Gasteiger charge is 2.31. The first-order chi connectivity index (χ1) is 14.3. The highest BCUT2D eigenvalue weighted by Crippen LogP contribution is 2.28. The number of likely N-dealkylation sites (tertiary alicyclic amines) is 1. The first kappa shape index (κ1) is 25.3. The van der Waals surface area contributed by atoms with Crippen LogP contribution in [0.5, 0.6) is 0 Å². The van der Waals surface area contributed by atoms with Crippen molar-refractivity contribution in [1.29, 1.82) is 0 Å². The van der Waals surface area contributed by atoms with Crippen molar-refractivity contribution < 1.29 is 9.21 Å². The molecule has 164 valence electrons. The van der Waals surface area contributed by atoms with Gasteiger partial charge in [0.1, 0.15) is 0 Å². The highest BCUT2D eigenvalue weighted by atomic mass is 16.4. The van der Waals surface area contributed by atoms with Gasteiger partial charge >= 0.3 is 0 Å². The van der Waals surface area contributed by atoms with E-state index in [0.29, 0.717) is 31.3 Å². The van der Waals surface area contributed by atoms with Crippen molar-refractivity contribution in [1.82, 2.24) is 15.1 Å². The summed E-state index contributed by atoms with van der Waals surface area (Å²) in [5, 5.41) is 7.82. The lowest BCUT2D eigenvalue weighted by atomic mass is 9.99. The summed E-state index contributed by atoms with van der Waals surface area (Å²) in [5.74, 6) is 1.18. The molecule has 2 atom stereocenters. The molecule has 2 heterocycles. The SMILES string of the molecule is C=CC.CC(N)c1nnc(CN2CC(c3ccccc3)CC2=O)o1.CCC=C(C)C. The number of carbonyl (C=O) groups is 1. The van der Waals surface area contributed by atoms with E-state index in [-0.39, 0.29) is 17.9 Å². The maximum absolute atomic E-state index is 12.1. The number of hydrogen-bond donors (Lipinski definition) is 1. The largest absolute Gasteiger partial charge is 0.422 e. The van der Waals surface area contributed by atoms with Crippen LogP contribution in [-0.4, -0.2) is 27.5 Å². The summed E-state index contributed by atoms with van der Waals surface area (Å²) in [6, 6.07) is 9.79. The molecule has 2 unspecified atom stereocenters. The van der Waals surface area contributed by atoms with E-state index >= 15 is 0 Å². The fourth-order valence-corrected chi connectivity index (χ4v) is 2.96. The van der Waals surface area contributed by atoms with Gasteiger partial charge in [0.15, 0.2) is 0 Å². The topological polar surface area (TPSA) is 85.2 Å². The molecule has 30 heavy (non-hydrogen) atoms. The molecule has 2 aromatic rings. The Morgan fingerprint density at radius 2 is 1.97 bits per heavy atom. The maximum atomic E-state index is 12.1. The molecule has 0 bridgehead atoms. The molecule has 6 heteroatoms. The molecule has 1 fully saturated rings. The Balaban J connectivity index is 0.000000426. The molecule has 0 spiro atoms. The zero-order chi connectivity index (χ0) is 22.5. The highest BCUT2D eigenvalue weighted by molar-refractivity contribution is 5.79. The van der Waals surface area contributed by atoms with Crippen LogP contribution in [0.1, 0.15) is 76.8 Å². The average molecular weight is 413 g/mol. The third-order valence-electron chi connectivity index (χ3n) is 4.30. The smallest absolute Gasteiger partial charge is 0.235 e. The molecule has 0 radical (unpaired) electrons. The van der Waals surface area contributed by atoms with E-state index in [4.69, 9.17) is 10.2 Å². The molecule has 1 aliphatic rings. The predicted octanol–water partition coefficient (Wildman–Crippen LogP) is 5.16. The van der Waals surface area contributed by atoms with Gasteiger partial charge in [0, 0.05) is 18.9 Å². The minimum absolute atomic E-state index is 0.115. The number of nitrogens with zero attached hydrogens (tertiary/aromatic N) is 3. The van der Waals surface area contributed by atoms with Crippen LogP contribution in [0.4, 0.5) is 0 Å². The fraction of sp³-hybridized carbons (Fsp3) is 0.458. The molecule has 0 saturated carbocycles. The van der Waals surface area contributed by atoms with Crippen LogP contribution in [0.25, 0.3) is 0 Å². The van der Waals surface area contributed by atoms with Crippen molar-refractivity contribution in [2.24, 2.45) is 5.73 Å². The second-order valence-corrected chi connectivity index (χ2v) is 7.51. The van der Waals surface area contributed by atoms with Crippen molar-refractivity contribution in [3.8, 4) is 0 Å². The molecule has 1 aromatic heterocycles. The second kappa shape index (κ2) is 13.5. The van der Waals surface area contributed by atoms with Crippen LogP contribution < -0.4 is 5.73 Å². The molecule has 1 aromatic carbocycles. The van der Waals surface area contributed by atoms with Crippen molar-refractivity contribution in [2.45, 2.75) is 66.0 Å². The van der Waals surface area contributed by atoms with E-state index in [1.807, 2.05) is 25.1 Å². The molecule has 2 N–H and O–H groups in total. The number of benzene rings is 1. The third kappa shape index (κ3) is 8.74. The van der Waals surface area contributed by atoms with Crippen molar-refractivity contribution in [3.63, 3.8) is 0 Å². The van der Waals surface area contributed by atoms with Crippen LogP contribution in [0.15, 0.2) is 59.1 Å². The summed E-state index contributed by atoms with van der Waals surface area (Å²) < 4.78 is 5.46. The van der Waals surface area contributed by atoms with Crippen LogP contribution in [0, 0.1) is 0 Å². The third-order valence-corrected chi connectivity index (χ3v) is 4.30. The number of hydrogen-bond acceptors (Lipinski definition) is 5. The first-order valence-corrected chi connectivity index (χ1v) is 10.4. The summed E-state index contributed by atoms with van der Waals surface area (Å²) in [5.41, 5.74) is 8.29. The van der Waals surface area contributed by atoms with E-state index < -0.39 is 0 Å². The summed E-state index contributed by atoms with van der Waals surface area (Å²) in [6.45, 7) is 14.4. The van der Waals surface area contributed by atoms with Gasteiger partial charge in [-0.1, -0.05) is 55.0 Å². The van der Waals surface area contributed by atoms with Crippen molar-refractivity contribution in [2.75, 3.05) is 6.54 Å². The van der Waals surface area contributed by atoms with E-state index in [1.54, 1.807) is 17.9 Å². The van der Waals surface area contributed by atoms with Gasteiger partial charge in [-0.2, -0.15) is 0 Å². The van der Waals surface area contributed by atoms with Gasteiger partial charge in [-0.15, -0.1) is 16.8 Å². The number of nitrogens with two attached hydrogens (primary N) is 1. The van der Waals surface area contributed by atoms with Crippen LogP contribution in [0.3, 0.4) is 0 Å². The van der Waals surface area contributed by atoms with Gasteiger partial charge in [0.05, 0.1) is 12.6 Å². The zero-order valence-corrected chi connectivity index (χ0v) is 19.0. The first-order valence-electron chi connectivity index (χ1n) is 10.4.